The number of aliphatic hydroxyl groups excluding tert-OH is 1. The number of allylic oxidation sites excluding steroid dienone is 1. The Morgan fingerprint density at radius 3 is 2.40 bits per heavy atom. The largest absolute Gasteiger partial charge is 0.495 e. The molecule has 0 saturated heterocycles. The van der Waals surface area contributed by atoms with E-state index in [9.17, 15) is 0 Å². The fourth-order valence-electron chi connectivity index (χ4n) is 0.356. The highest BCUT2D eigenvalue weighted by Crippen LogP contribution is 2.01. The number of aliphatic hydroxyl groups is 1. The molecule has 58 valence electrons. The minimum Gasteiger partial charge on any atom is -0.495 e. The first kappa shape index (κ1) is 9.81. The first-order valence-corrected chi connectivity index (χ1v) is 4.05. The Balaban J connectivity index is 3.71. The van der Waals surface area contributed by atoms with Crippen LogP contribution in [0.1, 0.15) is 13.8 Å². The summed E-state index contributed by atoms with van der Waals surface area (Å²) >= 11 is 2.11. The SMILES string of the molecule is C=C(I)CNC(O)=C(C)C. The third-order valence-electron chi connectivity index (χ3n) is 0.921. The summed E-state index contributed by atoms with van der Waals surface area (Å²) in [6.45, 7) is 7.99. The zero-order valence-corrected chi connectivity index (χ0v) is 8.40. The van der Waals surface area contributed by atoms with Crippen LogP contribution in [-0.2, 0) is 0 Å². The van der Waals surface area contributed by atoms with Crippen molar-refractivity contribution in [2.75, 3.05) is 6.54 Å². The van der Waals surface area contributed by atoms with Gasteiger partial charge in [0.2, 0.25) is 0 Å². The fourth-order valence-corrected chi connectivity index (χ4v) is 0.547. The molecule has 0 aliphatic rings. The lowest BCUT2D eigenvalue weighted by Gasteiger charge is -2.04. The van der Waals surface area contributed by atoms with Crippen molar-refractivity contribution in [2.24, 2.45) is 0 Å². The van der Waals surface area contributed by atoms with Gasteiger partial charge in [-0.1, -0.05) is 6.58 Å². The Morgan fingerprint density at radius 1 is 1.60 bits per heavy atom. The van der Waals surface area contributed by atoms with Crippen LogP contribution in [0, 0.1) is 0 Å². The summed E-state index contributed by atoms with van der Waals surface area (Å²) in [5.74, 6) is 0.248. The topological polar surface area (TPSA) is 32.3 Å². The van der Waals surface area contributed by atoms with Gasteiger partial charge in [0, 0.05) is 10.1 Å². The highest BCUT2D eigenvalue weighted by atomic mass is 127. The molecule has 0 bridgehead atoms. The average Bonchev–Trinajstić information content (AvgIpc) is 1.82. The molecule has 2 nitrogen and oxygen atoms in total. The van der Waals surface area contributed by atoms with Crippen LogP contribution in [0.3, 0.4) is 0 Å². The maximum atomic E-state index is 9.10. The van der Waals surface area contributed by atoms with Gasteiger partial charge in [0.1, 0.15) is 0 Å². The van der Waals surface area contributed by atoms with Gasteiger partial charge in [-0.3, -0.25) is 0 Å². The Hall–Kier alpha value is -0.190. The normalized spacial score (nSPS) is 8.70. The molecule has 10 heavy (non-hydrogen) atoms. The van der Waals surface area contributed by atoms with Gasteiger partial charge >= 0.3 is 0 Å². The minimum absolute atomic E-state index is 0.248. The maximum Gasteiger partial charge on any atom is 0.182 e. The van der Waals surface area contributed by atoms with Crippen molar-refractivity contribution in [1.29, 1.82) is 0 Å². The van der Waals surface area contributed by atoms with Gasteiger partial charge in [0.25, 0.3) is 0 Å². The van der Waals surface area contributed by atoms with E-state index < -0.39 is 0 Å². The van der Waals surface area contributed by atoms with Crippen molar-refractivity contribution in [3.8, 4) is 0 Å². The van der Waals surface area contributed by atoms with Crippen LogP contribution in [0.5, 0.6) is 0 Å². The van der Waals surface area contributed by atoms with Gasteiger partial charge in [-0.2, -0.15) is 0 Å². The number of hydrogen-bond acceptors (Lipinski definition) is 2. The van der Waals surface area contributed by atoms with Crippen LogP contribution in [-0.4, -0.2) is 11.7 Å². The fraction of sp³-hybridized carbons (Fsp3) is 0.429. The van der Waals surface area contributed by atoms with E-state index in [2.05, 4.69) is 34.5 Å². The first-order valence-electron chi connectivity index (χ1n) is 2.97. The van der Waals surface area contributed by atoms with Crippen LogP contribution < -0.4 is 5.32 Å². The maximum absolute atomic E-state index is 9.10. The summed E-state index contributed by atoms with van der Waals surface area (Å²) in [4.78, 5) is 0. The van der Waals surface area contributed by atoms with E-state index in [1.54, 1.807) is 0 Å². The molecule has 2 N–H and O–H groups in total. The minimum atomic E-state index is 0.248. The van der Waals surface area contributed by atoms with Crippen molar-refractivity contribution in [1.82, 2.24) is 5.32 Å². The van der Waals surface area contributed by atoms with Gasteiger partial charge in [0.15, 0.2) is 5.88 Å². The van der Waals surface area contributed by atoms with E-state index in [-0.39, 0.29) is 5.88 Å². The summed E-state index contributed by atoms with van der Waals surface area (Å²) < 4.78 is 0.977. The second-order valence-corrected chi connectivity index (χ2v) is 3.75. The van der Waals surface area contributed by atoms with Crippen LogP contribution >= 0.6 is 22.6 Å². The molecule has 0 saturated carbocycles. The summed E-state index contributed by atoms with van der Waals surface area (Å²) in [5.41, 5.74) is 0.887. The molecule has 0 aromatic carbocycles. The summed E-state index contributed by atoms with van der Waals surface area (Å²) in [7, 11) is 0. The molecule has 0 rings (SSSR count). The molecule has 0 aliphatic carbocycles. The number of hydrogen-bond donors (Lipinski definition) is 2. The van der Waals surface area contributed by atoms with E-state index in [4.69, 9.17) is 5.11 Å². The third kappa shape index (κ3) is 4.67. The second-order valence-electron chi connectivity index (χ2n) is 2.22. The zero-order valence-electron chi connectivity index (χ0n) is 6.24. The number of rotatable bonds is 3. The lowest BCUT2D eigenvalue weighted by atomic mass is 10.4. The van der Waals surface area contributed by atoms with Crippen molar-refractivity contribution >= 4 is 22.6 Å². The van der Waals surface area contributed by atoms with Crippen LogP contribution in [0.15, 0.2) is 21.6 Å². The van der Waals surface area contributed by atoms with Gasteiger partial charge in [-0.05, 0) is 42.0 Å². The third-order valence-corrected chi connectivity index (χ3v) is 1.30. The molecule has 0 aromatic heterocycles. The molecule has 0 unspecified atom stereocenters. The molecule has 3 heteroatoms. The van der Waals surface area contributed by atoms with Crippen molar-refractivity contribution in [3.63, 3.8) is 0 Å². The summed E-state index contributed by atoms with van der Waals surface area (Å²) in [6.07, 6.45) is 0. The molecular weight excluding hydrogens is 241 g/mol. The average molecular weight is 253 g/mol. The molecule has 0 aromatic rings. The van der Waals surface area contributed by atoms with Gasteiger partial charge in [-0.15, -0.1) is 0 Å². The highest BCUT2D eigenvalue weighted by molar-refractivity contribution is 14.1. The Bertz CT molecular complexity index is 159. The molecule has 0 spiro atoms. The second kappa shape index (κ2) is 4.60. The molecule has 0 atom stereocenters. The van der Waals surface area contributed by atoms with Gasteiger partial charge in [0.05, 0.1) is 0 Å². The smallest absolute Gasteiger partial charge is 0.182 e. The molecule has 0 amide bonds. The van der Waals surface area contributed by atoms with E-state index in [0.717, 1.165) is 9.15 Å². The van der Waals surface area contributed by atoms with E-state index in [0.29, 0.717) is 6.54 Å². The molecule has 0 heterocycles. The quantitative estimate of drug-likeness (QED) is 0.597. The zero-order chi connectivity index (χ0) is 8.15. The van der Waals surface area contributed by atoms with Crippen LogP contribution in [0.25, 0.3) is 0 Å². The molecular formula is C7H12INO. The summed E-state index contributed by atoms with van der Waals surface area (Å²) in [6, 6.07) is 0. The first-order chi connectivity index (χ1) is 4.54. The predicted octanol–water partition coefficient (Wildman–Crippen LogP) is 2.33. The molecule has 0 aliphatic heterocycles. The number of nitrogens with one attached hydrogen (secondary N) is 1. The standard InChI is InChI=1S/C7H12INO/c1-5(2)7(10)9-4-6(3)8/h9-10H,3-4H2,1-2H3. The van der Waals surface area contributed by atoms with E-state index in [1.165, 1.54) is 0 Å². The lowest BCUT2D eigenvalue weighted by Crippen LogP contribution is -2.15. The molecule has 0 radical (unpaired) electrons. The van der Waals surface area contributed by atoms with E-state index >= 15 is 0 Å². The molecule has 0 fully saturated rings. The van der Waals surface area contributed by atoms with E-state index in [1.807, 2.05) is 13.8 Å². The summed E-state index contributed by atoms with van der Waals surface area (Å²) in [5, 5.41) is 11.9. The Morgan fingerprint density at radius 2 is 2.10 bits per heavy atom. The van der Waals surface area contributed by atoms with Crippen molar-refractivity contribution < 1.29 is 5.11 Å². The van der Waals surface area contributed by atoms with Crippen molar-refractivity contribution in [3.05, 3.63) is 21.6 Å². The van der Waals surface area contributed by atoms with Crippen LogP contribution in [0.2, 0.25) is 0 Å². The monoisotopic (exact) mass is 253 g/mol. The Labute approximate surface area is 75.2 Å². The highest BCUT2D eigenvalue weighted by Gasteiger charge is 1.93. The predicted molar refractivity (Wildman–Crippen MR) is 52.2 cm³/mol. The lowest BCUT2D eigenvalue weighted by molar-refractivity contribution is 0.363. The number of halogens is 1. The van der Waals surface area contributed by atoms with Crippen LogP contribution in [0.4, 0.5) is 0 Å². The van der Waals surface area contributed by atoms with Gasteiger partial charge < -0.3 is 10.4 Å². The van der Waals surface area contributed by atoms with Gasteiger partial charge in [-0.25, -0.2) is 0 Å². The Kier molecular flexibility index (Phi) is 4.51. The van der Waals surface area contributed by atoms with Crippen molar-refractivity contribution in [2.45, 2.75) is 13.8 Å².